The van der Waals surface area contributed by atoms with E-state index in [1.165, 1.54) is 12.1 Å². The molecule has 1 heterocycles. The summed E-state index contributed by atoms with van der Waals surface area (Å²) in [5.41, 5.74) is 0.284. The third kappa shape index (κ3) is 3.75. The minimum absolute atomic E-state index is 0.223. The van der Waals surface area contributed by atoms with E-state index in [2.05, 4.69) is 15.7 Å². The lowest BCUT2D eigenvalue weighted by Crippen LogP contribution is -2.39. The molecule has 2 N–H and O–H groups in total. The van der Waals surface area contributed by atoms with Crippen LogP contribution in [0.5, 0.6) is 0 Å². The molecular weight excluding hydrogens is 345 g/mol. The van der Waals surface area contributed by atoms with Gasteiger partial charge in [-0.05, 0) is 31.5 Å². The minimum Gasteiger partial charge on any atom is -0.354 e. The lowest BCUT2D eigenvalue weighted by molar-refractivity contribution is -0.137. The number of halogens is 3. The Morgan fingerprint density at radius 1 is 1.38 bits per heavy atom. The van der Waals surface area contributed by atoms with Crippen molar-refractivity contribution in [2.45, 2.75) is 30.5 Å². The summed E-state index contributed by atoms with van der Waals surface area (Å²) in [5.74, 6) is -0.223. The van der Waals surface area contributed by atoms with Crippen LogP contribution in [0.1, 0.15) is 35.6 Å². The first-order valence-corrected chi connectivity index (χ1v) is 8.36. The molecule has 0 radical (unpaired) electrons. The third-order valence-electron chi connectivity index (χ3n) is 4.87. The molecule has 3 rings (SSSR count). The van der Waals surface area contributed by atoms with Crippen molar-refractivity contribution in [3.8, 4) is 0 Å². The average molecular weight is 366 g/mol. The predicted octanol–water partition coefficient (Wildman–Crippen LogP) is 2.55. The van der Waals surface area contributed by atoms with Crippen LogP contribution in [0.15, 0.2) is 36.7 Å². The summed E-state index contributed by atoms with van der Waals surface area (Å²) in [4.78, 5) is 12.5. The van der Waals surface area contributed by atoms with Gasteiger partial charge in [0.25, 0.3) is 0 Å². The van der Waals surface area contributed by atoms with Gasteiger partial charge in [0.05, 0.1) is 11.8 Å². The Hall–Kier alpha value is -2.35. The zero-order valence-corrected chi connectivity index (χ0v) is 14.6. The molecule has 0 spiro atoms. The number of hydrogen-bond donors (Lipinski definition) is 2. The molecule has 2 aromatic rings. The van der Waals surface area contributed by atoms with Crippen LogP contribution in [0.3, 0.4) is 0 Å². The molecular formula is C18H21F3N4O. The molecule has 0 aliphatic heterocycles. The van der Waals surface area contributed by atoms with Crippen LogP contribution in [0.2, 0.25) is 0 Å². The van der Waals surface area contributed by atoms with E-state index < -0.39 is 23.2 Å². The first-order chi connectivity index (χ1) is 12.2. The number of amides is 1. The summed E-state index contributed by atoms with van der Waals surface area (Å²) < 4.78 is 40.4. The minimum atomic E-state index is -4.37. The van der Waals surface area contributed by atoms with Gasteiger partial charge in [-0.15, -0.1) is 0 Å². The quantitative estimate of drug-likeness (QED) is 0.826. The van der Waals surface area contributed by atoms with Crippen molar-refractivity contribution in [3.63, 3.8) is 0 Å². The average Bonchev–Trinajstić information content (AvgIpc) is 3.28. The van der Waals surface area contributed by atoms with E-state index in [4.69, 9.17) is 0 Å². The van der Waals surface area contributed by atoms with Crippen molar-refractivity contribution in [2.24, 2.45) is 7.05 Å². The highest BCUT2D eigenvalue weighted by Crippen LogP contribution is 2.48. The molecule has 0 saturated heterocycles. The number of nitrogens with one attached hydrogen (secondary N) is 2. The van der Waals surface area contributed by atoms with Crippen LogP contribution < -0.4 is 10.6 Å². The lowest BCUT2D eigenvalue weighted by atomic mass is 9.94. The zero-order chi connectivity index (χ0) is 18.9. The fraction of sp³-hybridized carbons (Fsp3) is 0.444. The van der Waals surface area contributed by atoms with Gasteiger partial charge in [-0.25, -0.2) is 0 Å². The highest BCUT2D eigenvalue weighted by atomic mass is 19.4. The second kappa shape index (κ2) is 6.75. The molecule has 1 aromatic carbocycles. The fourth-order valence-electron chi connectivity index (χ4n) is 3.14. The Bertz CT molecular complexity index is 796. The van der Waals surface area contributed by atoms with E-state index in [0.29, 0.717) is 12.1 Å². The molecule has 1 fully saturated rings. The second-order valence-corrected chi connectivity index (χ2v) is 6.75. The molecule has 5 nitrogen and oxygen atoms in total. The number of nitrogens with zero attached hydrogens (tertiary/aromatic N) is 2. The van der Waals surface area contributed by atoms with Crippen LogP contribution in [0.25, 0.3) is 0 Å². The number of hydrogen-bond acceptors (Lipinski definition) is 3. The van der Waals surface area contributed by atoms with Gasteiger partial charge in [0.15, 0.2) is 0 Å². The van der Waals surface area contributed by atoms with Crippen molar-refractivity contribution in [2.75, 3.05) is 13.6 Å². The highest BCUT2D eigenvalue weighted by Gasteiger charge is 2.45. The third-order valence-corrected chi connectivity index (χ3v) is 4.87. The van der Waals surface area contributed by atoms with Gasteiger partial charge in [-0.1, -0.05) is 18.2 Å². The summed E-state index contributed by atoms with van der Waals surface area (Å²) in [6.07, 6.45) is 0.505. The lowest BCUT2D eigenvalue weighted by Gasteiger charge is -2.20. The van der Waals surface area contributed by atoms with Gasteiger partial charge in [-0.3, -0.25) is 9.48 Å². The van der Waals surface area contributed by atoms with Gasteiger partial charge in [-0.2, -0.15) is 18.3 Å². The molecule has 1 unspecified atom stereocenters. The summed E-state index contributed by atoms with van der Waals surface area (Å²) >= 11 is 0. The Balaban J connectivity index is 1.70. The number of aryl methyl sites for hydroxylation is 1. The topological polar surface area (TPSA) is 59.0 Å². The van der Waals surface area contributed by atoms with E-state index in [-0.39, 0.29) is 5.91 Å². The first-order valence-electron chi connectivity index (χ1n) is 8.36. The number of likely N-dealkylation sites (N-methyl/N-ethyl adjacent to an activating group) is 1. The largest absolute Gasteiger partial charge is 0.416 e. The van der Waals surface area contributed by atoms with Crippen molar-refractivity contribution in [1.29, 1.82) is 0 Å². The summed E-state index contributed by atoms with van der Waals surface area (Å²) in [6, 6.07) is 4.82. The van der Waals surface area contributed by atoms with Crippen molar-refractivity contribution < 1.29 is 18.0 Å². The molecule has 1 aliphatic carbocycles. The van der Waals surface area contributed by atoms with Gasteiger partial charge in [0.1, 0.15) is 6.04 Å². The molecule has 0 bridgehead atoms. The Morgan fingerprint density at radius 3 is 2.65 bits per heavy atom. The van der Waals surface area contributed by atoms with E-state index in [9.17, 15) is 18.0 Å². The predicted molar refractivity (Wildman–Crippen MR) is 90.4 cm³/mol. The van der Waals surface area contributed by atoms with Gasteiger partial charge >= 0.3 is 6.18 Å². The molecule has 1 aliphatic rings. The van der Waals surface area contributed by atoms with E-state index >= 15 is 0 Å². The van der Waals surface area contributed by atoms with Gasteiger partial charge < -0.3 is 10.6 Å². The highest BCUT2D eigenvalue weighted by molar-refractivity contribution is 5.83. The van der Waals surface area contributed by atoms with Gasteiger partial charge in [0.2, 0.25) is 5.91 Å². The second-order valence-electron chi connectivity index (χ2n) is 6.75. The molecule has 140 valence electrons. The molecule has 8 heteroatoms. The van der Waals surface area contributed by atoms with Crippen LogP contribution in [0, 0.1) is 0 Å². The normalized spacial score (nSPS) is 17.0. The number of aromatic nitrogens is 2. The molecule has 26 heavy (non-hydrogen) atoms. The Morgan fingerprint density at radius 2 is 2.12 bits per heavy atom. The molecule has 1 atom stereocenters. The van der Waals surface area contributed by atoms with Crippen LogP contribution in [-0.4, -0.2) is 29.3 Å². The SMILES string of the molecule is CNC(C(=O)NCC1(c2cccc(C(F)(F)F)c2)CC1)c1cnn(C)c1. The maximum atomic E-state index is 12.9. The molecule has 1 amide bonds. The summed E-state index contributed by atoms with van der Waals surface area (Å²) in [5, 5.41) is 9.88. The van der Waals surface area contributed by atoms with Gasteiger partial charge in [0, 0.05) is 30.8 Å². The van der Waals surface area contributed by atoms with Crippen LogP contribution >= 0.6 is 0 Å². The molecule has 1 aromatic heterocycles. The van der Waals surface area contributed by atoms with Crippen molar-refractivity contribution >= 4 is 5.91 Å². The Labute approximate surface area is 149 Å². The fourth-order valence-corrected chi connectivity index (χ4v) is 3.14. The van der Waals surface area contributed by atoms with Crippen LogP contribution in [-0.2, 0) is 23.4 Å². The maximum absolute atomic E-state index is 12.9. The number of carbonyl (C=O) groups is 1. The molecule has 1 saturated carbocycles. The first kappa shape index (κ1) is 18.4. The Kier molecular flexibility index (Phi) is 4.79. The van der Waals surface area contributed by atoms with E-state index in [1.54, 1.807) is 37.2 Å². The number of carbonyl (C=O) groups excluding carboxylic acids is 1. The summed E-state index contributed by atoms with van der Waals surface area (Å²) in [7, 11) is 3.44. The monoisotopic (exact) mass is 366 g/mol. The maximum Gasteiger partial charge on any atom is 0.416 e. The zero-order valence-electron chi connectivity index (χ0n) is 14.6. The summed E-state index contributed by atoms with van der Waals surface area (Å²) in [6.45, 7) is 0.311. The number of rotatable bonds is 6. The van der Waals surface area contributed by atoms with E-state index in [0.717, 1.165) is 24.5 Å². The van der Waals surface area contributed by atoms with Crippen LogP contribution in [0.4, 0.5) is 13.2 Å². The van der Waals surface area contributed by atoms with E-state index in [1.807, 2.05) is 0 Å². The standard InChI is InChI=1S/C18H21F3N4O/c1-22-15(12-9-24-25(2)10-12)16(26)23-11-17(6-7-17)13-4-3-5-14(8-13)18(19,20)21/h3-5,8-10,15,22H,6-7,11H2,1-2H3,(H,23,26). The van der Waals surface area contributed by atoms with Crippen molar-refractivity contribution in [1.82, 2.24) is 20.4 Å². The van der Waals surface area contributed by atoms with Crippen molar-refractivity contribution in [3.05, 3.63) is 53.3 Å². The smallest absolute Gasteiger partial charge is 0.354 e. The number of benzene rings is 1. The number of alkyl halides is 3.